The average Bonchev–Trinajstić information content (AvgIpc) is 2.85. The van der Waals surface area contributed by atoms with Crippen LogP contribution in [-0.4, -0.2) is 98.9 Å². The van der Waals surface area contributed by atoms with Crippen molar-refractivity contribution in [3.05, 3.63) is 35.9 Å². The molecule has 178 valence electrons. The predicted octanol–water partition coefficient (Wildman–Crippen LogP) is 2.67. The van der Waals surface area contributed by atoms with Gasteiger partial charge in [-0.25, -0.2) is 0 Å². The minimum Gasteiger partial charge on any atom is -0.376 e. The van der Waals surface area contributed by atoms with E-state index in [9.17, 15) is 4.79 Å². The van der Waals surface area contributed by atoms with Gasteiger partial charge in [-0.3, -0.25) is 4.79 Å². The standard InChI is InChI=1S/C26H41N3O3/c1-27(20-25-21-31-18-19-32-25)26(30)23-9-16-29(17-10-23)24-11-14-28(15-12-24)13-5-8-22-6-3-2-4-7-22/h2-4,6-7,23-25H,5,8-21H2,1H3/t25-/m0/s1. The van der Waals surface area contributed by atoms with Crippen molar-refractivity contribution >= 4 is 5.91 Å². The molecule has 3 aliphatic heterocycles. The highest BCUT2D eigenvalue weighted by atomic mass is 16.6. The van der Waals surface area contributed by atoms with Gasteiger partial charge >= 0.3 is 0 Å². The van der Waals surface area contributed by atoms with Crippen LogP contribution in [0.25, 0.3) is 0 Å². The van der Waals surface area contributed by atoms with E-state index in [-0.39, 0.29) is 17.9 Å². The Morgan fingerprint density at radius 3 is 2.47 bits per heavy atom. The van der Waals surface area contributed by atoms with E-state index in [1.807, 2.05) is 11.9 Å². The van der Waals surface area contributed by atoms with E-state index in [1.165, 1.54) is 50.9 Å². The van der Waals surface area contributed by atoms with Crippen molar-refractivity contribution in [2.45, 2.75) is 50.7 Å². The number of benzene rings is 1. The molecule has 0 radical (unpaired) electrons. The van der Waals surface area contributed by atoms with E-state index in [2.05, 4.69) is 40.1 Å². The van der Waals surface area contributed by atoms with Crippen molar-refractivity contribution in [3.63, 3.8) is 0 Å². The predicted molar refractivity (Wildman–Crippen MR) is 127 cm³/mol. The zero-order valence-electron chi connectivity index (χ0n) is 19.8. The van der Waals surface area contributed by atoms with Gasteiger partial charge in [0, 0.05) is 25.6 Å². The fourth-order valence-electron chi connectivity index (χ4n) is 5.52. The molecule has 0 bridgehead atoms. The van der Waals surface area contributed by atoms with E-state index >= 15 is 0 Å². The number of hydrogen-bond acceptors (Lipinski definition) is 5. The second kappa shape index (κ2) is 12.1. The molecular formula is C26H41N3O3. The highest BCUT2D eigenvalue weighted by Crippen LogP contribution is 2.25. The molecule has 0 N–H and O–H groups in total. The number of amides is 1. The van der Waals surface area contributed by atoms with Crippen LogP contribution in [0.5, 0.6) is 0 Å². The molecule has 0 unspecified atom stereocenters. The lowest BCUT2D eigenvalue weighted by Gasteiger charge is -2.42. The monoisotopic (exact) mass is 443 g/mol. The maximum absolute atomic E-state index is 12.9. The van der Waals surface area contributed by atoms with Crippen molar-refractivity contribution in [3.8, 4) is 0 Å². The summed E-state index contributed by atoms with van der Waals surface area (Å²) in [6.07, 6.45) is 6.96. The van der Waals surface area contributed by atoms with Crippen LogP contribution in [0.15, 0.2) is 30.3 Å². The van der Waals surface area contributed by atoms with Gasteiger partial charge in [-0.05, 0) is 76.8 Å². The summed E-state index contributed by atoms with van der Waals surface area (Å²) in [6.45, 7) is 8.30. The van der Waals surface area contributed by atoms with Gasteiger partial charge in [0.15, 0.2) is 0 Å². The first-order valence-corrected chi connectivity index (χ1v) is 12.6. The van der Waals surface area contributed by atoms with E-state index in [0.717, 1.165) is 25.9 Å². The molecule has 0 spiro atoms. The highest BCUT2D eigenvalue weighted by Gasteiger charge is 2.32. The van der Waals surface area contributed by atoms with Gasteiger partial charge in [0.05, 0.1) is 25.9 Å². The summed E-state index contributed by atoms with van der Waals surface area (Å²) < 4.78 is 11.2. The van der Waals surface area contributed by atoms with Gasteiger partial charge in [0.2, 0.25) is 5.91 Å². The lowest BCUT2D eigenvalue weighted by molar-refractivity contribution is -0.142. The lowest BCUT2D eigenvalue weighted by Crippen LogP contribution is -2.50. The smallest absolute Gasteiger partial charge is 0.225 e. The third kappa shape index (κ3) is 6.77. The second-order valence-electron chi connectivity index (χ2n) is 9.76. The maximum atomic E-state index is 12.9. The summed E-state index contributed by atoms with van der Waals surface area (Å²) >= 11 is 0. The van der Waals surface area contributed by atoms with E-state index in [0.29, 0.717) is 32.4 Å². The lowest BCUT2D eigenvalue weighted by atomic mass is 9.92. The minimum atomic E-state index is 0.0238. The number of ether oxygens (including phenoxy) is 2. The van der Waals surface area contributed by atoms with Gasteiger partial charge in [0.1, 0.15) is 0 Å². The molecule has 1 amide bonds. The van der Waals surface area contributed by atoms with Crippen LogP contribution in [-0.2, 0) is 20.7 Å². The molecule has 6 heteroatoms. The number of carbonyl (C=O) groups is 1. The number of piperidine rings is 2. The summed E-state index contributed by atoms with van der Waals surface area (Å²) in [5, 5.41) is 0. The molecule has 6 nitrogen and oxygen atoms in total. The summed E-state index contributed by atoms with van der Waals surface area (Å²) in [6, 6.07) is 11.5. The summed E-state index contributed by atoms with van der Waals surface area (Å²) in [5.41, 5.74) is 1.45. The average molecular weight is 444 g/mol. The molecule has 32 heavy (non-hydrogen) atoms. The Morgan fingerprint density at radius 1 is 1.03 bits per heavy atom. The Kier molecular flexibility index (Phi) is 8.97. The number of likely N-dealkylation sites (tertiary alicyclic amines) is 2. The SMILES string of the molecule is CN(C[C@H]1COCCO1)C(=O)C1CCN(C2CCN(CCCc3ccccc3)CC2)CC1. The topological polar surface area (TPSA) is 45.3 Å². The third-order valence-electron chi connectivity index (χ3n) is 7.47. The molecule has 1 atom stereocenters. The fraction of sp³-hybridized carbons (Fsp3) is 0.731. The van der Waals surface area contributed by atoms with Gasteiger partial charge < -0.3 is 24.2 Å². The molecule has 0 aromatic heterocycles. The molecule has 3 aliphatic rings. The van der Waals surface area contributed by atoms with Crippen LogP contribution in [0.4, 0.5) is 0 Å². The molecular weight excluding hydrogens is 402 g/mol. The summed E-state index contributed by atoms with van der Waals surface area (Å²) in [5.74, 6) is 0.450. The molecule has 3 heterocycles. The number of likely N-dealkylation sites (N-methyl/N-ethyl adjacent to an activating group) is 1. The molecule has 0 saturated carbocycles. The van der Waals surface area contributed by atoms with Crippen LogP contribution >= 0.6 is 0 Å². The summed E-state index contributed by atoms with van der Waals surface area (Å²) in [4.78, 5) is 20.1. The Labute approximate surface area is 193 Å². The highest BCUT2D eigenvalue weighted by molar-refractivity contribution is 5.78. The first kappa shape index (κ1) is 23.7. The van der Waals surface area contributed by atoms with Crippen LogP contribution in [0, 0.1) is 5.92 Å². The minimum absolute atomic E-state index is 0.0238. The molecule has 1 aromatic carbocycles. The van der Waals surface area contributed by atoms with E-state index < -0.39 is 0 Å². The molecule has 3 fully saturated rings. The number of rotatable bonds is 8. The summed E-state index contributed by atoms with van der Waals surface area (Å²) in [7, 11) is 1.92. The van der Waals surface area contributed by atoms with Gasteiger partial charge in [-0.1, -0.05) is 30.3 Å². The maximum Gasteiger partial charge on any atom is 0.225 e. The first-order chi connectivity index (χ1) is 15.7. The molecule has 1 aromatic rings. The normalized spacial score (nSPS) is 24.5. The van der Waals surface area contributed by atoms with Crippen molar-refractivity contribution < 1.29 is 14.3 Å². The number of carbonyl (C=O) groups excluding carboxylic acids is 1. The van der Waals surface area contributed by atoms with E-state index in [1.54, 1.807) is 0 Å². The quantitative estimate of drug-likeness (QED) is 0.618. The van der Waals surface area contributed by atoms with Crippen molar-refractivity contribution in [2.24, 2.45) is 5.92 Å². The fourth-order valence-corrected chi connectivity index (χ4v) is 5.52. The Hall–Kier alpha value is -1.47. The van der Waals surface area contributed by atoms with Crippen molar-refractivity contribution in [2.75, 3.05) is 66.1 Å². The number of aryl methyl sites for hydroxylation is 1. The third-order valence-corrected chi connectivity index (χ3v) is 7.47. The van der Waals surface area contributed by atoms with Crippen molar-refractivity contribution in [1.82, 2.24) is 14.7 Å². The van der Waals surface area contributed by atoms with Crippen molar-refractivity contribution in [1.29, 1.82) is 0 Å². The zero-order chi connectivity index (χ0) is 22.2. The number of nitrogens with zero attached hydrogens (tertiary/aromatic N) is 3. The number of hydrogen-bond donors (Lipinski definition) is 0. The van der Waals surface area contributed by atoms with Gasteiger partial charge in [-0.2, -0.15) is 0 Å². The van der Waals surface area contributed by atoms with E-state index in [4.69, 9.17) is 9.47 Å². The van der Waals surface area contributed by atoms with Gasteiger partial charge in [0.25, 0.3) is 0 Å². The molecule has 4 rings (SSSR count). The second-order valence-corrected chi connectivity index (χ2v) is 9.76. The zero-order valence-corrected chi connectivity index (χ0v) is 19.8. The van der Waals surface area contributed by atoms with Crippen LogP contribution in [0.3, 0.4) is 0 Å². The largest absolute Gasteiger partial charge is 0.376 e. The van der Waals surface area contributed by atoms with Crippen LogP contribution in [0.2, 0.25) is 0 Å². The molecule has 0 aliphatic carbocycles. The Morgan fingerprint density at radius 2 is 1.78 bits per heavy atom. The van der Waals surface area contributed by atoms with Crippen LogP contribution in [0.1, 0.15) is 37.7 Å². The first-order valence-electron chi connectivity index (χ1n) is 12.6. The van der Waals surface area contributed by atoms with Crippen LogP contribution < -0.4 is 0 Å². The Balaban J connectivity index is 1.12. The Bertz CT molecular complexity index is 679. The van der Waals surface area contributed by atoms with Gasteiger partial charge in [-0.15, -0.1) is 0 Å². The molecule has 3 saturated heterocycles.